The predicted molar refractivity (Wildman–Crippen MR) is 172 cm³/mol. The Kier molecular flexibility index (Phi) is 8.61. The van der Waals surface area contributed by atoms with Crippen molar-refractivity contribution < 1.29 is 27.0 Å². The minimum absolute atomic E-state index is 0.118. The molecule has 5 aromatic carbocycles. The molecule has 3 nitrogen and oxygen atoms in total. The molecule has 1 aromatic heterocycles. The zero-order valence-electron chi connectivity index (χ0n) is 25.1. The molecule has 0 saturated carbocycles. The number of ether oxygens (including phenoxy) is 2. The molecule has 1 aliphatic carbocycles. The number of hydrogen-bond acceptors (Lipinski definition) is 3. The van der Waals surface area contributed by atoms with Crippen LogP contribution in [0.4, 0.5) is 17.6 Å². The summed E-state index contributed by atoms with van der Waals surface area (Å²) in [4.78, 5) is 4.01. The molecule has 1 heterocycles. The maximum atomic E-state index is 14.3. The Bertz CT molecular complexity index is 1920. The molecule has 0 fully saturated rings. The van der Waals surface area contributed by atoms with Crippen LogP contribution in [0.1, 0.15) is 47.4 Å². The number of fused-ring (bicyclic) bond motifs is 6. The van der Waals surface area contributed by atoms with E-state index in [-0.39, 0.29) is 17.9 Å². The number of halogens is 4. The molecule has 1 atom stereocenters. The molecule has 7 heteroatoms. The first-order valence-corrected chi connectivity index (χ1v) is 15.0. The fraction of sp³-hybridized carbons (Fsp3) is 0.237. The van der Waals surface area contributed by atoms with Gasteiger partial charge < -0.3 is 9.47 Å². The summed E-state index contributed by atoms with van der Waals surface area (Å²) < 4.78 is 65.0. The molecule has 0 unspecified atom stereocenters. The topological polar surface area (TPSA) is 31.4 Å². The highest BCUT2D eigenvalue weighted by molar-refractivity contribution is 6.13. The van der Waals surface area contributed by atoms with E-state index < -0.39 is 17.6 Å². The number of rotatable bonds is 5. The van der Waals surface area contributed by atoms with Gasteiger partial charge in [-0.15, -0.1) is 0 Å². The van der Waals surface area contributed by atoms with Crippen molar-refractivity contribution in [1.29, 1.82) is 0 Å². The summed E-state index contributed by atoms with van der Waals surface area (Å²) in [6, 6.07) is 25.1. The van der Waals surface area contributed by atoms with Crippen molar-refractivity contribution in [2.75, 3.05) is 14.2 Å². The summed E-state index contributed by atoms with van der Waals surface area (Å²) in [5.74, 6) is 1.06. The second-order valence-electron chi connectivity index (χ2n) is 11.3. The van der Waals surface area contributed by atoms with E-state index in [1.807, 2.05) is 42.7 Å². The third-order valence-electron chi connectivity index (χ3n) is 8.78. The molecule has 0 radical (unpaired) electrons. The van der Waals surface area contributed by atoms with Crippen molar-refractivity contribution in [3.8, 4) is 11.5 Å². The largest absolute Gasteiger partial charge is 0.496 e. The lowest BCUT2D eigenvalue weighted by Gasteiger charge is -2.28. The van der Waals surface area contributed by atoms with Gasteiger partial charge >= 0.3 is 6.18 Å². The van der Waals surface area contributed by atoms with E-state index >= 15 is 0 Å². The van der Waals surface area contributed by atoms with Gasteiger partial charge in [0.05, 0.1) is 25.2 Å². The number of aryl methyl sites for hydroxylation is 2. The van der Waals surface area contributed by atoms with Crippen LogP contribution in [0.25, 0.3) is 32.3 Å². The highest BCUT2D eigenvalue weighted by Crippen LogP contribution is 2.44. The van der Waals surface area contributed by atoms with E-state index in [9.17, 15) is 17.6 Å². The number of hydrogen-bond donors (Lipinski definition) is 0. The van der Waals surface area contributed by atoms with Crippen molar-refractivity contribution >= 4 is 32.3 Å². The third kappa shape index (κ3) is 6.17. The first-order chi connectivity index (χ1) is 21.8. The average Bonchev–Trinajstić information content (AvgIpc) is 3.06. The Morgan fingerprint density at radius 3 is 2.36 bits per heavy atom. The van der Waals surface area contributed by atoms with Gasteiger partial charge in [-0.05, 0) is 118 Å². The highest BCUT2D eigenvalue weighted by Gasteiger charge is 2.31. The summed E-state index contributed by atoms with van der Waals surface area (Å²) in [5.41, 5.74) is 1.75. The van der Waals surface area contributed by atoms with Gasteiger partial charge in [0.1, 0.15) is 17.3 Å². The normalized spacial score (nSPS) is 14.6. The van der Waals surface area contributed by atoms with Crippen LogP contribution in [0.3, 0.4) is 0 Å². The van der Waals surface area contributed by atoms with Crippen molar-refractivity contribution in [3.05, 3.63) is 125 Å². The fourth-order valence-electron chi connectivity index (χ4n) is 6.57. The van der Waals surface area contributed by atoms with Crippen LogP contribution in [-0.2, 0) is 19.0 Å². The first-order valence-electron chi connectivity index (χ1n) is 15.0. The van der Waals surface area contributed by atoms with Gasteiger partial charge in [0, 0.05) is 12.4 Å². The number of benzene rings is 5. The summed E-state index contributed by atoms with van der Waals surface area (Å²) in [5, 5.41) is 6.66. The van der Waals surface area contributed by atoms with Crippen molar-refractivity contribution in [2.24, 2.45) is 0 Å². The number of nitrogens with zero attached hydrogens (tertiary/aromatic N) is 1. The van der Waals surface area contributed by atoms with E-state index in [0.717, 1.165) is 70.5 Å². The molecule has 0 spiro atoms. The van der Waals surface area contributed by atoms with Crippen LogP contribution in [0, 0.1) is 5.82 Å². The Morgan fingerprint density at radius 2 is 1.60 bits per heavy atom. The molecule has 230 valence electrons. The predicted octanol–water partition coefficient (Wildman–Crippen LogP) is 10.5. The lowest BCUT2D eigenvalue weighted by atomic mass is 9.77. The van der Waals surface area contributed by atoms with Crippen LogP contribution >= 0.6 is 0 Å². The van der Waals surface area contributed by atoms with Gasteiger partial charge in [-0.25, -0.2) is 4.39 Å². The molecular formula is C38H33F4NO2. The van der Waals surface area contributed by atoms with Crippen LogP contribution in [0.2, 0.25) is 0 Å². The second kappa shape index (κ2) is 12.8. The van der Waals surface area contributed by atoms with E-state index in [1.165, 1.54) is 21.9 Å². The van der Waals surface area contributed by atoms with Gasteiger partial charge in [0.2, 0.25) is 0 Å². The molecule has 6 aromatic rings. The number of aromatic nitrogens is 1. The molecule has 1 aliphatic rings. The first kappa shape index (κ1) is 30.4. The van der Waals surface area contributed by atoms with Gasteiger partial charge in [-0.1, -0.05) is 48.5 Å². The summed E-state index contributed by atoms with van der Waals surface area (Å²) in [6.45, 7) is 0. The van der Waals surface area contributed by atoms with Gasteiger partial charge in [0.15, 0.2) is 0 Å². The van der Waals surface area contributed by atoms with E-state index in [1.54, 1.807) is 14.2 Å². The third-order valence-corrected chi connectivity index (χ3v) is 8.78. The lowest BCUT2D eigenvalue weighted by molar-refractivity contribution is -0.137. The van der Waals surface area contributed by atoms with Crippen molar-refractivity contribution in [3.63, 3.8) is 0 Å². The number of alkyl halides is 3. The molecule has 0 N–H and O–H groups in total. The highest BCUT2D eigenvalue weighted by atomic mass is 19.4. The second-order valence-corrected chi connectivity index (χ2v) is 11.3. The Balaban J connectivity index is 0.000000301. The molecule has 0 bridgehead atoms. The fourth-order valence-corrected chi connectivity index (χ4v) is 6.57. The molecule has 0 saturated heterocycles. The average molecular weight is 612 g/mol. The minimum Gasteiger partial charge on any atom is -0.496 e. The number of methoxy groups -OCH3 is 2. The van der Waals surface area contributed by atoms with Gasteiger partial charge in [-0.2, -0.15) is 13.2 Å². The summed E-state index contributed by atoms with van der Waals surface area (Å²) in [7, 11) is 3.29. The van der Waals surface area contributed by atoms with Gasteiger partial charge in [-0.3, -0.25) is 4.98 Å². The van der Waals surface area contributed by atoms with Crippen LogP contribution in [0.5, 0.6) is 11.5 Å². The Morgan fingerprint density at radius 1 is 0.800 bits per heavy atom. The minimum atomic E-state index is -4.48. The summed E-state index contributed by atoms with van der Waals surface area (Å²) in [6.07, 6.45) is 2.87. The van der Waals surface area contributed by atoms with Crippen LogP contribution in [-0.4, -0.2) is 19.2 Å². The molecular weight excluding hydrogens is 578 g/mol. The van der Waals surface area contributed by atoms with Crippen LogP contribution < -0.4 is 9.47 Å². The van der Waals surface area contributed by atoms with E-state index in [2.05, 4.69) is 41.4 Å². The Labute approximate surface area is 259 Å². The van der Waals surface area contributed by atoms with Crippen LogP contribution in [0.15, 0.2) is 97.3 Å². The maximum Gasteiger partial charge on any atom is 0.416 e. The Hall–Kier alpha value is -4.65. The smallest absolute Gasteiger partial charge is 0.416 e. The SMILES string of the molecule is COc1cccc2c1c(OC)cc1c3c(ccc12)[C@H](CCc1cc(C(F)(F)F)ccc1F)CCC3.c1ccc2cnccc2c1. The van der Waals surface area contributed by atoms with Crippen molar-refractivity contribution in [2.45, 2.75) is 44.2 Å². The quantitative estimate of drug-likeness (QED) is 0.144. The van der Waals surface area contributed by atoms with E-state index in [0.29, 0.717) is 6.42 Å². The summed E-state index contributed by atoms with van der Waals surface area (Å²) >= 11 is 0. The molecule has 0 aliphatic heterocycles. The monoisotopic (exact) mass is 611 g/mol. The molecule has 7 rings (SSSR count). The zero-order valence-corrected chi connectivity index (χ0v) is 25.1. The van der Waals surface area contributed by atoms with Crippen molar-refractivity contribution in [1.82, 2.24) is 4.98 Å². The van der Waals surface area contributed by atoms with E-state index in [4.69, 9.17) is 9.47 Å². The maximum absolute atomic E-state index is 14.3. The number of pyridine rings is 1. The lowest BCUT2D eigenvalue weighted by Crippen LogP contribution is -2.12. The zero-order chi connectivity index (χ0) is 31.6. The molecule has 45 heavy (non-hydrogen) atoms. The standard InChI is InChI=1S/C29H26F4O2.C9H7N/c1-34-26-8-4-7-23-22-13-12-20-17(5-3-6-21(20)24(22)16-27(35-2)28(23)26)9-10-18-15-19(29(31,32)33)11-14-25(18)30;1-2-4-9-7-10-6-5-8(9)3-1/h4,7-8,11-17H,3,5-6,9-10H2,1-2H3;1-7H/t17-;/m0./s1. The molecule has 0 amide bonds. The van der Waals surface area contributed by atoms with Gasteiger partial charge in [0.25, 0.3) is 0 Å².